The van der Waals surface area contributed by atoms with E-state index in [0.29, 0.717) is 23.9 Å². The van der Waals surface area contributed by atoms with Gasteiger partial charge in [0.2, 0.25) is 0 Å². The van der Waals surface area contributed by atoms with E-state index < -0.39 is 30.3 Å². The van der Waals surface area contributed by atoms with E-state index in [1.807, 2.05) is 21.1 Å². The third-order valence-corrected chi connectivity index (χ3v) is 13.3. The second-order valence-electron chi connectivity index (χ2n) is 22.3. The maximum Gasteiger partial charge on any atom is 0.306 e. The monoisotopic (exact) mass is 1150 g/mol. The lowest BCUT2D eigenvalue weighted by molar-refractivity contribution is -0.870. The predicted molar refractivity (Wildman–Crippen MR) is 352 cm³/mol. The molecular formula is C74H119NO8. The van der Waals surface area contributed by atoms with Crippen molar-refractivity contribution >= 4 is 17.9 Å². The summed E-state index contributed by atoms with van der Waals surface area (Å²) < 4.78 is 22.7. The van der Waals surface area contributed by atoms with Crippen LogP contribution in [0.2, 0.25) is 0 Å². The molecular weight excluding hydrogens is 1030 g/mol. The number of esters is 2. The van der Waals surface area contributed by atoms with Gasteiger partial charge in [0.15, 0.2) is 12.4 Å². The molecule has 0 bridgehead atoms. The first-order valence-electron chi connectivity index (χ1n) is 32.6. The van der Waals surface area contributed by atoms with Gasteiger partial charge in [0.05, 0.1) is 40.3 Å². The summed E-state index contributed by atoms with van der Waals surface area (Å²) in [5.74, 6) is -2.34. The van der Waals surface area contributed by atoms with Crippen LogP contribution in [0.1, 0.15) is 232 Å². The van der Waals surface area contributed by atoms with Crippen molar-refractivity contribution in [3.63, 3.8) is 0 Å². The Morgan fingerprint density at radius 3 is 0.976 bits per heavy atom. The number of carboxylic acid groups (broad SMARTS) is 1. The molecule has 0 N–H and O–H groups in total. The Kier molecular flexibility index (Phi) is 59.1. The van der Waals surface area contributed by atoms with E-state index >= 15 is 0 Å². The van der Waals surface area contributed by atoms with Gasteiger partial charge < -0.3 is 33.3 Å². The highest BCUT2D eigenvalue weighted by molar-refractivity contribution is 5.70. The maximum absolute atomic E-state index is 12.9. The molecule has 0 aromatic heterocycles. The first kappa shape index (κ1) is 77.9. The number of allylic oxidation sites excluding steroid dienone is 26. The van der Waals surface area contributed by atoms with Crippen LogP contribution in [0.25, 0.3) is 0 Å². The lowest BCUT2D eigenvalue weighted by Gasteiger charge is -2.26. The molecule has 0 aliphatic rings. The van der Waals surface area contributed by atoms with Crippen LogP contribution in [0.5, 0.6) is 0 Å². The lowest BCUT2D eigenvalue weighted by Crippen LogP contribution is -2.44. The summed E-state index contributed by atoms with van der Waals surface area (Å²) in [4.78, 5) is 37.4. The summed E-state index contributed by atoms with van der Waals surface area (Å²) >= 11 is 0. The van der Waals surface area contributed by atoms with Gasteiger partial charge in [0, 0.05) is 12.8 Å². The Balaban J connectivity index is 4.16. The SMILES string of the molecule is CC/C=C\C/C=C\C/C=C\C/C=C\C/C=C\C/C=C\C/C=C\C/C=C\CCCCCCCCCCCCCCCCC(=O)OC(COC(=O)CCCCC/C=C\C/C=C\C/C=C\C/C=C\C/C=C\CC)COC(OCC[N+](C)(C)C)C(=O)[O-]. The van der Waals surface area contributed by atoms with E-state index in [4.69, 9.17) is 18.9 Å². The number of hydrogen-bond donors (Lipinski definition) is 0. The lowest BCUT2D eigenvalue weighted by atomic mass is 10.0. The smallest absolute Gasteiger partial charge is 0.306 e. The number of quaternary nitrogens is 1. The van der Waals surface area contributed by atoms with Crippen molar-refractivity contribution in [2.24, 2.45) is 0 Å². The van der Waals surface area contributed by atoms with Gasteiger partial charge in [0.25, 0.3) is 0 Å². The molecule has 0 rings (SSSR count). The molecule has 0 aromatic carbocycles. The maximum atomic E-state index is 12.9. The largest absolute Gasteiger partial charge is 0.545 e. The Morgan fingerprint density at radius 1 is 0.361 bits per heavy atom. The second kappa shape index (κ2) is 62.9. The van der Waals surface area contributed by atoms with Crippen LogP contribution < -0.4 is 5.11 Å². The summed E-state index contributed by atoms with van der Waals surface area (Å²) in [5.41, 5.74) is 0. The Morgan fingerprint density at radius 2 is 0.651 bits per heavy atom. The number of aliphatic carboxylic acids is 1. The van der Waals surface area contributed by atoms with Crippen molar-refractivity contribution in [3.8, 4) is 0 Å². The molecule has 0 fully saturated rings. The third kappa shape index (κ3) is 64.3. The molecule has 468 valence electrons. The highest BCUT2D eigenvalue weighted by Gasteiger charge is 2.22. The number of carbonyl (C=O) groups is 3. The number of hydrogen-bond acceptors (Lipinski definition) is 8. The third-order valence-electron chi connectivity index (χ3n) is 13.3. The molecule has 0 saturated heterocycles. The van der Waals surface area contributed by atoms with Crippen LogP contribution in [0.4, 0.5) is 0 Å². The number of rotatable bonds is 58. The fourth-order valence-electron chi connectivity index (χ4n) is 8.34. The summed E-state index contributed by atoms with van der Waals surface area (Å²) in [6.07, 6.45) is 90.3. The van der Waals surface area contributed by atoms with Gasteiger partial charge in [-0.2, -0.15) is 0 Å². The zero-order chi connectivity index (χ0) is 60.5. The molecule has 0 heterocycles. The summed E-state index contributed by atoms with van der Waals surface area (Å²) in [7, 11) is 5.90. The minimum absolute atomic E-state index is 0.134. The van der Waals surface area contributed by atoms with Crippen LogP contribution in [0, 0.1) is 0 Å². The van der Waals surface area contributed by atoms with Gasteiger partial charge in [-0.1, -0.05) is 255 Å². The molecule has 9 nitrogen and oxygen atoms in total. The van der Waals surface area contributed by atoms with Crippen molar-refractivity contribution in [1.82, 2.24) is 0 Å². The van der Waals surface area contributed by atoms with Crippen molar-refractivity contribution in [2.75, 3.05) is 47.5 Å². The van der Waals surface area contributed by atoms with Crippen LogP contribution in [0.15, 0.2) is 158 Å². The first-order valence-corrected chi connectivity index (χ1v) is 32.6. The molecule has 0 spiro atoms. The predicted octanol–water partition coefficient (Wildman–Crippen LogP) is 18.8. The van der Waals surface area contributed by atoms with Crippen LogP contribution in [-0.4, -0.2) is 82.3 Å². The molecule has 9 heteroatoms. The second-order valence-corrected chi connectivity index (χ2v) is 22.3. The zero-order valence-electron chi connectivity index (χ0n) is 53.2. The van der Waals surface area contributed by atoms with Crippen molar-refractivity contribution in [3.05, 3.63) is 158 Å². The Labute approximate surface area is 508 Å². The van der Waals surface area contributed by atoms with Crippen LogP contribution >= 0.6 is 0 Å². The quantitative estimate of drug-likeness (QED) is 0.0195. The first-order chi connectivity index (χ1) is 40.6. The van der Waals surface area contributed by atoms with Gasteiger partial charge in [0.1, 0.15) is 13.2 Å². The number of carbonyl (C=O) groups excluding carboxylic acids is 3. The molecule has 0 aliphatic carbocycles. The molecule has 83 heavy (non-hydrogen) atoms. The summed E-state index contributed by atoms with van der Waals surface area (Å²) in [5, 5.41) is 11.8. The van der Waals surface area contributed by atoms with E-state index in [1.54, 1.807) is 0 Å². The molecule has 0 amide bonds. The van der Waals surface area contributed by atoms with Gasteiger partial charge in [-0.3, -0.25) is 9.59 Å². The number of unbranched alkanes of at least 4 members (excludes halogenated alkanes) is 17. The van der Waals surface area contributed by atoms with Crippen LogP contribution in [0.3, 0.4) is 0 Å². The molecule has 2 unspecified atom stereocenters. The fraction of sp³-hybridized carbons (Fsp3) is 0.608. The topological polar surface area (TPSA) is 111 Å². The normalized spacial score (nSPS) is 13.8. The number of likely N-dealkylation sites (N-methyl/N-ethyl adjacent to an activating group) is 1. The van der Waals surface area contributed by atoms with Gasteiger partial charge >= 0.3 is 11.9 Å². The molecule has 0 aromatic rings. The molecule has 0 radical (unpaired) electrons. The molecule has 2 atom stereocenters. The van der Waals surface area contributed by atoms with E-state index in [1.165, 1.54) is 70.6 Å². The number of carboxylic acids is 1. The number of ether oxygens (including phenoxy) is 4. The molecule has 0 aliphatic heterocycles. The Bertz CT molecular complexity index is 1920. The van der Waals surface area contributed by atoms with Gasteiger partial charge in [-0.15, -0.1) is 0 Å². The van der Waals surface area contributed by atoms with Gasteiger partial charge in [-0.05, 0) is 122 Å². The van der Waals surface area contributed by atoms with E-state index in [0.717, 1.165) is 122 Å². The van der Waals surface area contributed by atoms with Gasteiger partial charge in [-0.25, -0.2) is 0 Å². The van der Waals surface area contributed by atoms with Crippen molar-refractivity contribution in [2.45, 2.75) is 245 Å². The average molecular weight is 1150 g/mol. The zero-order valence-corrected chi connectivity index (χ0v) is 53.2. The highest BCUT2D eigenvalue weighted by Crippen LogP contribution is 2.15. The minimum atomic E-state index is -1.64. The summed E-state index contributed by atoms with van der Waals surface area (Å²) in [6, 6.07) is 0. The van der Waals surface area contributed by atoms with Crippen LogP contribution in [-0.2, 0) is 33.3 Å². The molecule has 0 saturated carbocycles. The summed E-state index contributed by atoms with van der Waals surface area (Å²) in [6.45, 7) is 4.46. The fourth-order valence-corrected chi connectivity index (χ4v) is 8.34. The highest BCUT2D eigenvalue weighted by atomic mass is 16.7. The average Bonchev–Trinajstić information content (AvgIpc) is 3.46. The number of nitrogens with zero attached hydrogens (tertiary/aromatic N) is 1. The Hall–Kier alpha value is -5.09. The van der Waals surface area contributed by atoms with E-state index in [2.05, 4.69) is 172 Å². The van der Waals surface area contributed by atoms with Crippen molar-refractivity contribution in [1.29, 1.82) is 0 Å². The van der Waals surface area contributed by atoms with Crippen molar-refractivity contribution < 1.29 is 42.9 Å². The van der Waals surface area contributed by atoms with E-state index in [-0.39, 0.29) is 32.7 Å². The van der Waals surface area contributed by atoms with E-state index in [9.17, 15) is 19.5 Å². The minimum Gasteiger partial charge on any atom is -0.545 e. The standard InChI is InChI=1S/C74H119NO8/c1-6-8-10-12-14-16-18-20-22-24-26-27-28-29-30-31-32-33-34-35-36-37-38-39-40-41-42-43-44-45-47-49-51-53-55-57-59-61-63-65-72(77)83-70(69-82-74(73(78)79)80-67-66-75(3,4)5)68-81-71(76)64-62-60-58-56-54-52-50-48-46-25-23-21-19-17-15-13-11-9-7-2/h8-11,14-17,20-23,26-27,29-30,32-33,35-36,38-39,46,48,52,54,70,74H,6-7,12-13,18-19,24-25,28,31,34,37,40-45,47,49-51,53,55-69H2,1-5H3/b10-8-,11-9-,16-14-,17-15-,22-20-,23-21-,27-26-,30-29-,33-32-,36-35-,39-38-,48-46-,54-52-.